The number of nitrogens with zero attached hydrogens (tertiary/aromatic N) is 1. The molecule has 0 radical (unpaired) electrons. The van der Waals surface area contributed by atoms with E-state index in [1.165, 1.54) is 11.1 Å². The molecule has 100 valence electrons. The lowest BCUT2D eigenvalue weighted by Gasteiger charge is -2.13. The maximum atomic E-state index is 6.00. The molecule has 0 aliphatic rings. The third-order valence-corrected chi connectivity index (χ3v) is 3.19. The van der Waals surface area contributed by atoms with Gasteiger partial charge in [-0.3, -0.25) is 4.98 Å². The molecule has 2 N–H and O–H groups in total. The second kappa shape index (κ2) is 6.34. The summed E-state index contributed by atoms with van der Waals surface area (Å²) in [7, 11) is 0. The largest absolute Gasteiger partial charge is 0.456 e. The first-order valence-corrected chi connectivity index (χ1v) is 6.62. The monoisotopic (exact) mass is 256 g/mol. The summed E-state index contributed by atoms with van der Waals surface area (Å²) in [5.41, 5.74) is 8.49. The number of benzene rings is 1. The van der Waals surface area contributed by atoms with E-state index < -0.39 is 0 Å². The Balaban J connectivity index is 2.10. The minimum atomic E-state index is 0.226. The molecule has 0 fully saturated rings. The Kier molecular flexibility index (Phi) is 4.53. The molecular weight excluding hydrogens is 236 g/mol. The first kappa shape index (κ1) is 13.6. The van der Waals surface area contributed by atoms with Gasteiger partial charge in [0.2, 0.25) is 0 Å². The van der Waals surface area contributed by atoms with Crippen molar-refractivity contribution in [3.63, 3.8) is 0 Å². The average molecular weight is 256 g/mol. The Labute approximate surface area is 114 Å². The molecule has 0 amide bonds. The predicted octanol–water partition coefficient (Wildman–Crippen LogP) is 3.46. The molecule has 2 rings (SSSR count). The van der Waals surface area contributed by atoms with Crippen molar-refractivity contribution < 1.29 is 4.74 Å². The van der Waals surface area contributed by atoms with Gasteiger partial charge in [0.1, 0.15) is 11.5 Å². The Morgan fingerprint density at radius 2 is 2.11 bits per heavy atom. The maximum absolute atomic E-state index is 6.00. The van der Waals surface area contributed by atoms with Gasteiger partial charge in [-0.15, -0.1) is 0 Å². The molecule has 1 aromatic heterocycles. The van der Waals surface area contributed by atoms with Gasteiger partial charge < -0.3 is 10.5 Å². The Morgan fingerprint density at radius 1 is 1.26 bits per heavy atom. The Bertz CT molecular complexity index is 526. The zero-order chi connectivity index (χ0) is 13.7. The van der Waals surface area contributed by atoms with E-state index in [1.807, 2.05) is 24.3 Å². The summed E-state index contributed by atoms with van der Waals surface area (Å²) >= 11 is 0. The van der Waals surface area contributed by atoms with Gasteiger partial charge in [0.25, 0.3) is 0 Å². The highest BCUT2D eigenvalue weighted by atomic mass is 16.5. The van der Waals surface area contributed by atoms with Gasteiger partial charge in [-0.1, -0.05) is 13.0 Å². The molecule has 0 bridgehead atoms. The van der Waals surface area contributed by atoms with Gasteiger partial charge in [0.05, 0.1) is 6.20 Å². The van der Waals surface area contributed by atoms with Crippen LogP contribution in [0.5, 0.6) is 11.5 Å². The minimum absolute atomic E-state index is 0.226. The van der Waals surface area contributed by atoms with Crippen LogP contribution in [0.3, 0.4) is 0 Å². The van der Waals surface area contributed by atoms with Crippen molar-refractivity contribution in [1.82, 2.24) is 4.98 Å². The zero-order valence-electron chi connectivity index (χ0n) is 11.5. The van der Waals surface area contributed by atoms with Crippen LogP contribution in [-0.4, -0.2) is 11.0 Å². The van der Waals surface area contributed by atoms with Crippen molar-refractivity contribution in [2.75, 3.05) is 0 Å². The van der Waals surface area contributed by atoms with E-state index in [0.717, 1.165) is 24.3 Å². The summed E-state index contributed by atoms with van der Waals surface area (Å²) in [6.45, 7) is 4.20. The first-order chi connectivity index (χ1) is 9.19. The Hall–Kier alpha value is -1.87. The molecule has 1 unspecified atom stereocenters. The average Bonchev–Trinajstić information content (AvgIpc) is 2.43. The quantitative estimate of drug-likeness (QED) is 0.891. The number of pyridine rings is 1. The standard InChI is InChI=1S/C16H20N2O/c1-3-14(17)10-13-6-7-15(9-12(13)2)19-16-5-4-8-18-11-16/h4-9,11,14H,3,10,17H2,1-2H3. The number of rotatable bonds is 5. The van der Waals surface area contributed by atoms with Crippen LogP contribution in [0.1, 0.15) is 24.5 Å². The van der Waals surface area contributed by atoms with Gasteiger partial charge in [-0.05, 0) is 55.2 Å². The lowest BCUT2D eigenvalue weighted by Crippen LogP contribution is -2.21. The van der Waals surface area contributed by atoms with Crippen molar-refractivity contribution in [1.29, 1.82) is 0 Å². The molecule has 1 aromatic carbocycles. The van der Waals surface area contributed by atoms with Gasteiger partial charge in [0, 0.05) is 12.2 Å². The molecule has 0 saturated carbocycles. The second-order valence-corrected chi connectivity index (χ2v) is 4.75. The summed E-state index contributed by atoms with van der Waals surface area (Å²) in [6.07, 6.45) is 5.34. The van der Waals surface area contributed by atoms with E-state index in [0.29, 0.717) is 0 Å². The topological polar surface area (TPSA) is 48.1 Å². The summed E-state index contributed by atoms with van der Waals surface area (Å²) in [5, 5.41) is 0. The molecule has 3 nitrogen and oxygen atoms in total. The molecule has 0 spiro atoms. The highest BCUT2D eigenvalue weighted by molar-refractivity contribution is 5.37. The van der Waals surface area contributed by atoms with E-state index in [2.05, 4.69) is 24.9 Å². The number of hydrogen-bond donors (Lipinski definition) is 1. The van der Waals surface area contributed by atoms with Crippen LogP contribution in [0.15, 0.2) is 42.7 Å². The van der Waals surface area contributed by atoms with Crippen molar-refractivity contribution in [3.8, 4) is 11.5 Å². The van der Waals surface area contributed by atoms with Crippen LogP contribution >= 0.6 is 0 Å². The van der Waals surface area contributed by atoms with E-state index in [9.17, 15) is 0 Å². The van der Waals surface area contributed by atoms with Crippen LogP contribution in [0.2, 0.25) is 0 Å². The fourth-order valence-corrected chi connectivity index (χ4v) is 1.93. The van der Waals surface area contributed by atoms with E-state index in [1.54, 1.807) is 12.4 Å². The molecule has 0 aliphatic heterocycles. The van der Waals surface area contributed by atoms with Crippen LogP contribution in [0, 0.1) is 6.92 Å². The van der Waals surface area contributed by atoms with Crippen LogP contribution in [0.25, 0.3) is 0 Å². The van der Waals surface area contributed by atoms with Crippen molar-refractivity contribution >= 4 is 0 Å². The highest BCUT2D eigenvalue weighted by Crippen LogP contribution is 2.23. The second-order valence-electron chi connectivity index (χ2n) is 4.75. The van der Waals surface area contributed by atoms with E-state index in [-0.39, 0.29) is 6.04 Å². The highest BCUT2D eigenvalue weighted by Gasteiger charge is 2.06. The van der Waals surface area contributed by atoms with Gasteiger partial charge in [-0.2, -0.15) is 0 Å². The molecule has 0 saturated heterocycles. The SMILES string of the molecule is CCC(N)Cc1ccc(Oc2cccnc2)cc1C. The number of aromatic nitrogens is 1. The number of ether oxygens (including phenoxy) is 1. The van der Waals surface area contributed by atoms with Crippen LogP contribution in [-0.2, 0) is 6.42 Å². The van der Waals surface area contributed by atoms with Gasteiger partial charge in [-0.25, -0.2) is 0 Å². The Morgan fingerprint density at radius 3 is 2.74 bits per heavy atom. The number of hydrogen-bond acceptors (Lipinski definition) is 3. The molecule has 1 atom stereocenters. The summed E-state index contributed by atoms with van der Waals surface area (Å²) in [6, 6.07) is 10.1. The van der Waals surface area contributed by atoms with Crippen LogP contribution in [0.4, 0.5) is 0 Å². The van der Waals surface area contributed by atoms with Crippen molar-refractivity contribution in [2.24, 2.45) is 5.73 Å². The molecule has 1 heterocycles. The normalized spacial score (nSPS) is 12.2. The van der Waals surface area contributed by atoms with Gasteiger partial charge in [0.15, 0.2) is 0 Å². The molecule has 2 aromatic rings. The lowest BCUT2D eigenvalue weighted by atomic mass is 10.00. The van der Waals surface area contributed by atoms with E-state index in [4.69, 9.17) is 10.5 Å². The first-order valence-electron chi connectivity index (χ1n) is 6.62. The number of aryl methyl sites for hydroxylation is 1. The fraction of sp³-hybridized carbons (Fsp3) is 0.312. The molecule has 3 heteroatoms. The summed E-state index contributed by atoms with van der Waals surface area (Å²) in [5.74, 6) is 1.58. The lowest BCUT2D eigenvalue weighted by molar-refractivity contribution is 0.479. The molecule has 19 heavy (non-hydrogen) atoms. The smallest absolute Gasteiger partial charge is 0.145 e. The number of nitrogens with two attached hydrogens (primary N) is 1. The maximum Gasteiger partial charge on any atom is 0.145 e. The van der Waals surface area contributed by atoms with Crippen molar-refractivity contribution in [3.05, 3.63) is 53.9 Å². The molecular formula is C16H20N2O. The summed E-state index contributed by atoms with van der Waals surface area (Å²) < 4.78 is 5.75. The van der Waals surface area contributed by atoms with Crippen LogP contribution < -0.4 is 10.5 Å². The van der Waals surface area contributed by atoms with Gasteiger partial charge >= 0.3 is 0 Å². The third kappa shape index (κ3) is 3.80. The van der Waals surface area contributed by atoms with E-state index >= 15 is 0 Å². The molecule has 0 aliphatic carbocycles. The summed E-state index contributed by atoms with van der Waals surface area (Å²) in [4.78, 5) is 4.03. The third-order valence-electron chi connectivity index (χ3n) is 3.19. The minimum Gasteiger partial charge on any atom is -0.456 e. The van der Waals surface area contributed by atoms with Crippen molar-refractivity contribution in [2.45, 2.75) is 32.7 Å². The fourth-order valence-electron chi connectivity index (χ4n) is 1.93. The zero-order valence-corrected chi connectivity index (χ0v) is 11.5. The predicted molar refractivity (Wildman–Crippen MR) is 77.5 cm³/mol.